The van der Waals surface area contributed by atoms with E-state index in [4.69, 9.17) is 4.42 Å². The average Bonchev–Trinajstić information content (AvgIpc) is 2.91. The third kappa shape index (κ3) is 4.64. The topological polar surface area (TPSA) is 54.2 Å². The van der Waals surface area contributed by atoms with Crippen LogP contribution < -0.4 is 5.32 Å². The van der Waals surface area contributed by atoms with Crippen LogP contribution in [0, 0.1) is 0 Å². The molecule has 0 radical (unpaired) electrons. The van der Waals surface area contributed by atoms with Crippen molar-refractivity contribution >= 4 is 0 Å². The molecule has 0 bridgehead atoms. The number of aromatic nitrogens is 2. The largest absolute Gasteiger partial charge is 0.419 e. The predicted molar refractivity (Wildman–Crippen MR) is 88.7 cm³/mol. The Morgan fingerprint density at radius 1 is 1.09 bits per heavy atom. The Kier molecular flexibility index (Phi) is 5.32. The zero-order chi connectivity index (χ0) is 16.2. The van der Waals surface area contributed by atoms with Crippen LogP contribution in [0.3, 0.4) is 0 Å². The Bertz CT molecular complexity index is 581. The number of hydrogen-bond donors (Lipinski definition) is 1. The van der Waals surface area contributed by atoms with Crippen molar-refractivity contribution in [2.75, 3.05) is 27.2 Å². The van der Waals surface area contributed by atoms with Crippen molar-refractivity contribution in [1.29, 1.82) is 0 Å². The van der Waals surface area contributed by atoms with Crippen LogP contribution in [0.1, 0.15) is 32.2 Å². The number of likely N-dealkylation sites (N-methyl/N-ethyl adjacent to an activating group) is 1. The van der Waals surface area contributed by atoms with E-state index in [-0.39, 0.29) is 5.41 Å². The van der Waals surface area contributed by atoms with Gasteiger partial charge in [0.1, 0.15) is 0 Å². The van der Waals surface area contributed by atoms with Crippen LogP contribution in [-0.4, -0.2) is 42.3 Å². The molecule has 5 heteroatoms. The van der Waals surface area contributed by atoms with Gasteiger partial charge in [0.15, 0.2) is 0 Å². The van der Waals surface area contributed by atoms with E-state index in [0.717, 1.165) is 18.7 Å². The standard InChI is InChI=1S/C17H26N4O/c1-17(2,3)14-8-6-13(7-9-14)16-20-19-15(22-16)12-18-10-11-21(4)5/h6-9,18H,10-12H2,1-5H3. The van der Waals surface area contributed by atoms with Gasteiger partial charge in [-0.05, 0) is 37.2 Å². The molecule has 5 nitrogen and oxygen atoms in total. The summed E-state index contributed by atoms with van der Waals surface area (Å²) in [5, 5.41) is 11.5. The van der Waals surface area contributed by atoms with Gasteiger partial charge in [0.25, 0.3) is 0 Å². The van der Waals surface area contributed by atoms with Crippen molar-refractivity contribution in [3.8, 4) is 11.5 Å². The van der Waals surface area contributed by atoms with Gasteiger partial charge in [0, 0.05) is 18.7 Å². The second kappa shape index (κ2) is 7.03. The summed E-state index contributed by atoms with van der Waals surface area (Å²) >= 11 is 0. The van der Waals surface area contributed by atoms with E-state index in [1.807, 2.05) is 26.2 Å². The normalized spacial score (nSPS) is 12.1. The number of hydrogen-bond acceptors (Lipinski definition) is 5. The van der Waals surface area contributed by atoms with Gasteiger partial charge in [-0.15, -0.1) is 10.2 Å². The van der Waals surface area contributed by atoms with Gasteiger partial charge in [0.05, 0.1) is 6.54 Å². The van der Waals surface area contributed by atoms with E-state index in [0.29, 0.717) is 18.3 Å². The molecule has 120 valence electrons. The molecule has 1 heterocycles. The first-order chi connectivity index (χ1) is 10.4. The van der Waals surface area contributed by atoms with Crippen molar-refractivity contribution in [3.63, 3.8) is 0 Å². The summed E-state index contributed by atoms with van der Waals surface area (Å²) in [6, 6.07) is 8.32. The average molecular weight is 302 g/mol. The predicted octanol–water partition coefficient (Wildman–Crippen LogP) is 2.69. The van der Waals surface area contributed by atoms with E-state index >= 15 is 0 Å². The van der Waals surface area contributed by atoms with Crippen molar-refractivity contribution in [2.24, 2.45) is 0 Å². The first-order valence-electron chi connectivity index (χ1n) is 7.65. The van der Waals surface area contributed by atoms with Crippen LogP contribution in [0.5, 0.6) is 0 Å². The maximum Gasteiger partial charge on any atom is 0.247 e. The van der Waals surface area contributed by atoms with Gasteiger partial charge in [-0.25, -0.2) is 0 Å². The number of rotatable bonds is 6. The second-order valence-corrected chi connectivity index (χ2v) is 6.81. The van der Waals surface area contributed by atoms with Crippen molar-refractivity contribution in [1.82, 2.24) is 20.4 Å². The quantitative estimate of drug-likeness (QED) is 0.832. The fourth-order valence-corrected chi connectivity index (χ4v) is 2.05. The summed E-state index contributed by atoms with van der Waals surface area (Å²) in [6.07, 6.45) is 0. The molecule has 0 aliphatic heterocycles. The Hall–Kier alpha value is -1.72. The molecular formula is C17H26N4O. The minimum atomic E-state index is 0.148. The molecule has 0 aliphatic rings. The monoisotopic (exact) mass is 302 g/mol. The third-order valence-electron chi connectivity index (χ3n) is 3.48. The molecule has 0 atom stereocenters. The fraction of sp³-hybridized carbons (Fsp3) is 0.529. The highest BCUT2D eigenvalue weighted by atomic mass is 16.4. The fourth-order valence-electron chi connectivity index (χ4n) is 2.05. The van der Waals surface area contributed by atoms with Gasteiger partial charge >= 0.3 is 0 Å². The molecule has 0 fully saturated rings. The summed E-state index contributed by atoms with van der Waals surface area (Å²) in [4.78, 5) is 2.13. The number of nitrogens with zero attached hydrogens (tertiary/aromatic N) is 3. The molecule has 0 saturated heterocycles. The Balaban J connectivity index is 1.96. The molecule has 1 N–H and O–H groups in total. The molecule has 0 amide bonds. The highest BCUT2D eigenvalue weighted by Crippen LogP contribution is 2.25. The Morgan fingerprint density at radius 2 is 1.77 bits per heavy atom. The van der Waals surface area contributed by atoms with E-state index in [9.17, 15) is 0 Å². The lowest BCUT2D eigenvalue weighted by Gasteiger charge is -2.18. The highest BCUT2D eigenvalue weighted by Gasteiger charge is 2.14. The number of nitrogens with one attached hydrogen (secondary N) is 1. The van der Waals surface area contributed by atoms with E-state index in [1.54, 1.807) is 0 Å². The minimum Gasteiger partial charge on any atom is -0.419 e. The Labute approximate surface area is 132 Å². The van der Waals surface area contributed by atoms with Crippen molar-refractivity contribution in [2.45, 2.75) is 32.7 Å². The Morgan fingerprint density at radius 3 is 2.36 bits per heavy atom. The van der Waals surface area contributed by atoms with Crippen LogP contribution in [0.25, 0.3) is 11.5 Å². The first kappa shape index (κ1) is 16.6. The molecule has 0 unspecified atom stereocenters. The van der Waals surface area contributed by atoms with E-state index < -0.39 is 0 Å². The SMILES string of the molecule is CN(C)CCNCc1nnc(-c2ccc(C(C)(C)C)cc2)o1. The zero-order valence-corrected chi connectivity index (χ0v) is 14.2. The molecule has 1 aromatic carbocycles. The van der Waals surface area contributed by atoms with Gasteiger partial charge < -0.3 is 14.6 Å². The summed E-state index contributed by atoms with van der Waals surface area (Å²) in [5.41, 5.74) is 2.40. The van der Waals surface area contributed by atoms with Crippen LogP contribution in [0.4, 0.5) is 0 Å². The minimum absolute atomic E-state index is 0.148. The number of benzene rings is 1. The molecule has 0 saturated carbocycles. The van der Waals surface area contributed by atoms with Crippen molar-refractivity contribution in [3.05, 3.63) is 35.7 Å². The highest BCUT2D eigenvalue weighted by molar-refractivity contribution is 5.53. The van der Waals surface area contributed by atoms with E-state index in [1.165, 1.54) is 5.56 Å². The van der Waals surface area contributed by atoms with E-state index in [2.05, 4.69) is 53.3 Å². The summed E-state index contributed by atoms with van der Waals surface area (Å²) in [5.74, 6) is 1.19. The molecule has 0 aliphatic carbocycles. The lowest BCUT2D eigenvalue weighted by atomic mass is 9.87. The third-order valence-corrected chi connectivity index (χ3v) is 3.48. The molecule has 2 aromatic rings. The van der Waals surface area contributed by atoms with Crippen LogP contribution in [-0.2, 0) is 12.0 Å². The first-order valence-corrected chi connectivity index (χ1v) is 7.65. The summed E-state index contributed by atoms with van der Waals surface area (Å²) in [6.45, 7) is 9.08. The summed E-state index contributed by atoms with van der Waals surface area (Å²) in [7, 11) is 4.10. The molecule has 0 spiro atoms. The van der Waals surface area contributed by atoms with Gasteiger partial charge in [-0.1, -0.05) is 32.9 Å². The molecular weight excluding hydrogens is 276 g/mol. The van der Waals surface area contributed by atoms with Gasteiger partial charge in [-0.2, -0.15) is 0 Å². The van der Waals surface area contributed by atoms with Crippen molar-refractivity contribution < 1.29 is 4.42 Å². The second-order valence-electron chi connectivity index (χ2n) is 6.81. The summed E-state index contributed by atoms with van der Waals surface area (Å²) < 4.78 is 5.70. The molecule has 22 heavy (non-hydrogen) atoms. The molecule has 2 rings (SSSR count). The maximum atomic E-state index is 5.70. The van der Waals surface area contributed by atoms with Crippen LogP contribution >= 0.6 is 0 Å². The lowest BCUT2D eigenvalue weighted by Crippen LogP contribution is -2.26. The van der Waals surface area contributed by atoms with Gasteiger partial charge in [0.2, 0.25) is 11.8 Å². The van der Waals surface area contributed by atoms with Gasteiger partial charge in [-0.3, -0.25) is 0 Å². The smallest absolute Gasteiger partial charge is 0.247 e. The maximum absolute atomic E-state index is 5.70. The molecule has 1 aromatic heterocycles. The van der Waals surface area contributed by atoms with Crippen LogP contribution in [0.15, 0.2) is 28.7 Å². The van der Waals surface area contributed by atoms with Crippen LogP contribution in [0.2, 0.25) is 0 Å². The lowest BCUT2D eigenvalue weighted by molar-refractivity contribution is 0.390. The zero-order valence-electron chi connectivity index (χ0n) is 14.2.